The maximum atomic E-state index is 11.1. The fourth-order valence-electron chi connectivity index (χ4n) is 1.90. The van der Waals surface area contributed by atoms with Crippen molar-refractivity contribution in [1.82, 2.24) is 0 Å². The normalized spacial score (nSPS) is 33.7. The van der Waals surface area contributed by atoms with Crippen molar-refractivity contribution in [1.29, 1.82) is 0 Å². The van der Waals surface area contributed by atoms with Crippen LogP contribution in [0.25, 0.3) is 0 Å². The number of aliphatic carboxylic acids is 1. The second-order valence-electron chi connectivity index (χ2n) is 4.94. The predicted octanol–water partition coefficient (Wildman–Crippen LogP) is -3.60. The number of carboxylic acids is 1. The summed E-state index contributed by atoms with van der Waals surface area (Å²) in [5, 5.41) is 74.4. The van der Waals surface area contributed by atoms with Crippen molar-refractivity contribution in [3.63, 3.8) is 0 Å². The molecule has 0 saturated carbocycles. The Bertz CT molecular complexity index is 435. The van der Waals surface area contributed by atoms with Gasteiger partial charge in [0.25, 0.3) is 0 Å². The first-order valence-corrected chi connectivity index (χ1v) is 6.64. The fourth-order valence-corrected chi connectivity index (χ4v) is 1.90. The largest absolute Gasteiger partial charge is 0.508 e. The van der Waals surface area contributed by atoms with Crippen molar-refractivity contribution in [3.05, 3.63) is 11.5 Å². The summed E-state index contributed by atoms with van der Waals surface area (Å²) in [6.07, 6.45) is -10.5. The number of carbonyl (C=O) groups is 1. The average Bonchev–Trinajstić information content (AvgIpc) is 2.51. The van der Waals surface area contributed by atoms with Gasteiger partial charge < -0.3 is 50.3 Å². The van der Waals surface area contributed by atoms with E-state index in [1.165, 1.54) is 0 Å². The molecule has 0 unspecified atom stereocenters. The summed E-state index contributed by atoms with van der Waals surface area (Å²) in [5.41, 5.74) is 0. The maximum absolute atomic E-state index is 11.1. The molecule has 0 spiro atoms. The Labute approximate surface area is 130 Å². The highest BCUT2D eigenvalue weighted by molar-refractivity contribution is 5.84. The molecule has 11 heteroatoms. The van der Waals surface area contributed by atoms with Crippen LogP contribution in [0.2, 0.25) is 0 Å². The molecule has 0 aromatic carbocycles. The summed E-state index contributed by atoms with van der Waals surface area (Å²) in [6.45, 7) is -1.48. The standard InChI is InChI=1S/C12H20O11/c13-2-4(15)1-5(16)10(11(20)21)23-12-9(19)8(18)7(17)6(3-14)22-12/h4,6-9,12-19H,1-3H2,(H,20,21)/b10-5-/t4-,6-,7-,8+,9-,12+/m1/s1. The lowest BCUT2D eigenvalue weighted by Gasteiger charge is -2.39. The molecule has 0 aliphatic carbocycles. The molecule has 6 atom stereocenters. The summed E-state index contributed by atoms with van der Waals surface area (Å²) >= 11 is 0. The summed E-state index contributed by atoms with van der Waals surface area (Å²) in [6, 6.07) is 0. The van der Waals surface area contributed by atoms with E-state index in [2.05, 4.69) is 0 Å². The van der Waals surface area contributed by atoms with Gasteiger partial charge in [0.15, 0.2) is 0 Å². The quantitative estimate of drug-likeness (QED) is 0.168. The van der Waals surface area contributed by atoms with Crippen LogP contribution < -0.4 is 0 Å². The van der Waals surface area contributed by atoms with E-state index in [0.29, 0.717) is 0 Å². The zero-order chi connectivity index (χ0) is 17.7. The minimum absolute atomic E-state index is 0.643. The van der Waals surface area contributed by atoms with Gasteiger partial charge in [-0.15, -0.1) is 0 Å². The van der Waals surface area contributed by atoms with Crippen molar-refractivity contribution >= 4 is 5.97 Å². The van der Waals surface area contributed by atoms with E-state index in [0.717, 1.165) is 0 Å². The van der Waals surface area contributed by atoms with Crippen LogP contribution in [-0.4, -0.2) is 96.8 Å². The molecule has 11 nitrogen and oxygen atoms in total. The Balaban J connectivity index is 2.95. The van der Waals surface area contributed by atoms with E-state index in [4.69, 9.17) is 24.8 Å². The number of hydrogen-bond acceptors (Lipinski definition) is 10. The third kappa shape index (κ3) is 4.75. The third-order valence-electron chi connectivity index (χ3n) is 3.18. The monoisotopic (exact) mass is 340 g/mol. The minimum Gasteiger partial charge on any atom is -0.508 e. The SMILES string of the molecule is O=C(O)/C(O[C@@H]1O[C@H](CO)[C@@H](O)[C@H](O)[C@H]1O)=C(/O)C[C@@H](O)CO. The molecule has 1 fully saturated rings. The fraction of sp³-hybridized carbons (Fsp3) is 0.750. The van der Waals surface area contributed by atoms with Gasteiger partial charge in [-0.05, 0) is 0 Å². The number of carboxylic acid groups (broad SMARTS) is 1. The lowest BCUT2D eigenvalue weighted by Crippen LogP contribution is -2.59. The lowest BCUT2D eigenvalue weighted by atomic mass is 9.99. The molecule has 134 valence electrons. The van der Waals surface area contributed by atoms with Crippen LogP contribution in [0.1, 0.15) is 6.42 Å². The van der Waals surface area contributed by atoms with Crippen molar-refractivity contribution in [2.45, 2.75) is 43.2 Å². The molecule has 1 saturated heterocycles. The van der Waals surface area contributed by atoms with E-state index < -0.39 is 73.9 Å². The predicted molar refractivity (Wildman–Crippen MR) is 69.9 cm³/mol. The first-order chi connectivity index (χ1) is 10.7. The molecule has 0 radical (unpaired) electrons. The molecule has 1 rings (SSSR count). The molecule has 0 bridgehead atoms. The summed E-state index contributed by atoms with van der Waals surface area (Å²) in [7, 11) is 0. The van der Waals surface area contributed by atoms with Crippen molar-refractivity contribution in [2.75, 3.05) is 13.2 Å². The van der Waals surface area contributed by atoms with E-state index in [1.807, 2.05) is 0 Å². The Morgan fingerprint density at radius 3 is 2.17 bits per heavy atom. The Kier molecular flexibility index (Phi) is 7.15. The first kappa shape index (κ1) is 19.6. The smallest absolute Gasteiger partial charge is 0.374 e. The zero-order valence-electron chi connectivity index (χ0n) is 11.9. The first-order valence-electron chi connectivity index (χ1n) is 6.64. The molecule has 23 heavy (non-hydrogen) atoms. The highest BCUT2D eigenvalue weighted by Crippen LogP contribution is 2.25. The minimum atomic E-state index is -1.86. The summed E-state index contributed by atoms with van der Waals surface area (Å²) in [5.74, 6) is -3.78. The topological polar surface area (TPSA) is 197 Å². The van der Waals surface area contributed by atoms with E-state index in [9.17, 15) is 30.3 Å². The average molecular weight is 340 g/mol. The van der Waals surface area contributed by atoms with Crippen LogP contribution in [0.4, 0.5) is 0 Å². The number of hydrogen-bond donors (Lipinski definition) is 8. The van der Waals surface area contributed by atoms with E-state index in [-0.39, 0.29) is 0 Å². The molecular formula is C12H20O11. The van der Waals surface area contributed by atoms with Crippen molar-refractivity contribution in [3.8, 4) is 0 Å². The Morgan fingerprint density at radius 1 is 1.09 bits per heavy atom. The number of ether oxygens (including phenoxy) is 2. The van der Waals surface area contributed by atoms with Gasteiger partial charge in [-0.1, -0.05) is 0 Å². The maximum Gasteiger partial charge on any atom is 0.374 e. The molecule has 0 amide bonds. The van der Waals surface area contributed by atoms with Crippen LogP contribution in [0.15, 0.2) is 11.5 Å². The number of rotatable bonds is 7. The van der Waals surface area contributed by atoms with Crippen molar-refractivity contribution < 1.29 is 55.1 Å². The number of aliphatic hydroxyl groups is 7. The highest BCUT2D eigenvalue weighted by atomic mass is 16.7. The van der Waals surface area contributed by atoms with E-state index >= 15 is 0 Å². The second kappa shape index (κ2) is 8.40. The molecule has 0 aromatic rings. The number of aliphatic hydroxyl groups excluding tert-OH is 7. The highest BCUT2D eigenvalue weighted by Gasteiger charge is 2.45. The van der Waals surface area contributed by atoms with E-state index in [1.54, 1.807) is 0 Å². The van der Waals surface area contributed by atoms with Crippen LogP contribution in [0.3, 0.4) is 0 Å². The molecule has 1 heterocycles. The van der Waals surface area contributed by atoms with Crippen LogP contribution >= 0.6 is 0 Å². The molecule has 0 aromatic heterocycles. The third-order valence-corrected chi connectivity index (χ3v) is 3.18. The van der Waals surface area contributed by atoms with Gasteiger partial charge in [0.1, 0.15) is 30.2 Å². The van der Waals surface area contributed by atoms with Gasteiger partial charge >= 0.3 is 5.97 Å². The molecule has 1 aliphatic heterocycles. The summed E-state index contributed by atoms with van der Waals surface area (Å²) < 4.78 is 9.75. The summed E-state index contributed by atoms with van der Waals surface area (Å²) in [4.78, 5) is 11.1. The van der Waals surface area contributed by atoms with Gasteiger partial charge in [0.05, 0.1) is 19.3 Å². The van der Waals surface area contributed by atoms with Gasteiger partial charge in [-0.2, -0.15) is 0 Å². The van der Waals surface area contributed by atoms with Gasteiger partial charge in [-0.25, -0.2) is 4.79 Å². The molecule has 1 aliphatic rings. The van der Waals surface area contributed by atoms with Crippen LogP contribution in [0, 0.1) is 0 Å². The van der Waals surface area contributed by atoms with Crippen LogP contribution in [-0.2, 0) is 14.3 Å². The Morgan fingerprint density at radius 2 is 1.70 bits per heavy atom. The van der Waals surface area contributed by atoms with Crippen molar-refractivity contribution in [2.24, 2.45) is 0 Å². The zero-order valence-corrected chi connectivity index (χ0v) is 11.9. The molecular weight excluding hydrogens is 320 g/mol. The van der Waals surface area contributed by atoms with Crippen LogP contribution in [0.5, 0.6) is 0 Å². The Hall–Kier alpha value is -1.47. The lowest BCUT2D eigenvalue weighted by molar-refractivity contribution is -0.292. The second-order valence-corrected chi connectivity index (χ2v) is 4.94. The van der Waals surface area contributed by atoms with Gasteiger partial charge in [0.2, 0.25) is 12.0 Å². The van der Waals surface area contributed by atoms with Gasteiger partial charge in [0, 0.05) is 6.42 Å². The molecule has 8 N–H and O–H groups in total. The van der Waals surface area contributed by atoms with Gasteiger partial charge in [-0.3, -0.25) is 0 Å².